The van der Waals surface area contributed by atoms with E-state index in [1.165, 1.54) is 0 Å². The second-order valence-corrected chi connectivity index (χ2v) is 3.26. The van der Waals surface area contributed by atoms with Crippen LogP contribution in [0.5, 0.6) is 0 Å². The van der Waals surface area contributed by atoms with Crippen LogP contribution in [-0.4, -0.2) is 9.91 Å². The van der Waals surface area contributed by atoms with Crippen molar-refractivity contribution in [2.75, 3.05) is 0 Å². The molecule has 0 aliphatic rings. The summed E-state index contributed by atoms with van der Waals surface area (Å²) in [5.41, 5.74) is 0. The minimum Gasteiger partial charge on any atom is -0.357 e. The first-order valence-electron chi connectivity index (χ1n) is 2.07. The number of aromatic nitrogens is 1. The molecule has 0 fully saturated rings. The maximum absolute atomic E-state index is 10.0. The van der Waals surface area contributed by atoms with E-state index in [1.807, 2.05) is 0 Å². The number of hydrogen-bond donors (Lipinski definition) is 0. The monoisotopic (exact) mass is 198 g/mol. The molecule has 4 nitrogen and oxygen atoms in total. The lowest BCUT2D eigenvalue weighted by Crippen LogP contribution is -1.84. The van der Waals surface area contributed by atoms with Gasteiger partial charge in [-0.2, -0.15) is 0 Å². The van der Waals surface area contributed by atoms with Crippen LogP contribution in [0.25, 0.3) is 0 Å². The van der Waals surface area contributed by atoms with E-state index in [0.717, 1.165) is 11.3 Å². The van der Waals surface area contributed by atoms with Gasteiger partial charge in [0, 0.05) is 0 Å². The Morgan fingerprint density at radius 3 is 2.40 bits per heavy atom. The quantitative estimate of drug-likeness (QED) is 0.515. The summed E-state index contributed by atoms with van der Waals surface area (Å²) in [6.07, 6.45) is 0. The van der Waals surface area contributed by atoms with Gasteiger partial charge in [-0.1, -0.05) is 11.6 Å². The number of nitro groups is 1. The Bertz CT molecular complexity index is 254. The zero-order chi connectivity index (χ0) is 7.72. The molecular formula is C3Cl2N2O2S. The predicted molar refractivity (Wildman–Crippen MR) is 38.8 cm³/mol. The van der Waals surface area contributed by atoms with E-state index in [2.05, 4.69) is 4.98 Å². The molecular weight excluding hydrogens is 199 g/mol. The molecule has 0 saturated carbocycles. The van der Waals surface area contributed by atoms with Gasteiger partial charge in [-0.25, -0.2) is 0 Å². The Hall–Kier alpha value is -0.390. The third-order valence-corrected chi connectivity index (χ3v) is 2.38. The average molecular weight is 199 g/mol. The lowest BCUT2D eigenvalue weighted by Gasteiger charge is -1.80. The highest BCUT2D eigenvalue weighted by molar-refractivity contribution is 7.19. The van der Waals surface area contributed by atoms with Gasteiger partial charge in [0.2, 0.25) is 0 Å². The fourth-order valence-corrected chi connectivity index (χ4v) is 1.35. The lowest BCUT2D eigenvalue weighted by atomic mass is 11.0. The molecule has 0 spiro atoms. The lowest BCUT2D eigenvalue weighted by molar-refractivity contribution is -0.384. The van der Waals surface area contributed by atoms with Gasteiger partial charge in [0.25, 0.3) is 5.15 Å². The Kier molecular flexibility index (Phi) is 2.08. The second-order valence-electron chi connectivity index (χ2n) is 1.32. The van der Waals surface area contributed by atoms with Gasteiger partial charge in [0.1, 0.15) is 0 Å². The third-order valence-electron chi connectivity index (χ3n) is 0.693. The van der Waals surface area contributed by atoms with Crippen molar-refractivity contribution >= 4 is 39.7 Å². The van der Waals surface area contributed by atoms with Gasteiger partial charge >= 0.3 is 5.13 Å². The average Bonchev–Trinajstić information content (AvgIpc) is 2.13. The van der Waals surface area contributed by atoms with E-state index in [1.54, 1.807) is 0 Å². The summed E-state index contributed by atoms with van der Waals surface area (Å²) >= 11 is 11.5. The van der Waals surface area contributed by atoms with E-state index in [0.29, 0.717) is 0 Å². The molecule has 10 heavy (non-hydrogen) atoms. The highest BCUT2D eigenvalue weighted by Crippen LogP contribution is 2.32. The normalized spacial score (nSPS) is 9.80. The Balaban J connectivity index is 3.10. The van der Waals surface area contributed by atoms with Crippen molar-refractivity contribution in [2.24, 2.45) is 0 Å². The zero-order valence-electron chi connectivity index (χ0n) is 4.38. The van der Waals surface area contributed by atoms with Crippen molar-refractivity contribution in [3.63, 3.8) is 0 Å². The van der Waals surface area contributed by atoms with Crippen molar-refractivity contribution in [2.45, 2.75) is 0 Å². The summed E-state index contributed by atoms with van der Waals surface area (Å²) in [5.74, 6) is 0. The minimum atomic E-state index is -0.636. The van der Waals surface area contributed by atoms with E-state index < -0.39 is 4.92 Å². The van der Waals surface area contributed by atoms with Crippen LogP contribution in [0.2, 0.25) is 9.49 Å². The largest absolute Gasteiger partial charge is 0.426 e. The number of hydrogen-bond acceptors (Lipinski definition) is 4. The Morgan fingerprint density at radius 2 is 2.20 bits per heavy atom. The molecule has 0 aliphatic heterocycles. The first-order chi connectivity index (χ1) is 4.61. The molecule has 0 radical (unpaired) electrons. The van der Waals surface area contributed by atoms with Gasteiger partial charge in [0.05, 0.1) is 0 Å². The molecule has 0 N–H and O–H groups in total. The summed E-state index contributed by atoms with van der Waals surface area (Å²) in [6.45, 7) is 0. The van der Waals surface area contributed by atoms with Crippen LogP contribution < -0.4 is 0 Å². The van der Waals surface area contributed by atoms with E-state index in [4.69, 9.17) is 23.2 Å². The van der Waals surface area contributed by atoms with E-state index in [9.17, 15) is 10.1 Å². The van der Waals surface area contributed by atoms with Crippen LogP contribution in [0.4, 0.5) is 5.13 Å². The van der Waals surface area contributed by atoms with Crippen molar-refractivity contribution in [1.82, 2.24) is 4.98 Å². The molecule has 0 aliphatic carbocycles. The highest BCUT2D eigenvalue weighted by atomic mass is 35.5. The highest BCUT2D eigenvalue weighted by Gasteiger charge is 2.17. The SMILES string of the molecule is O=[N+]([O-])c1nc(Cl)c(Cl)s1. The van der Waals surface area contributed by atoms with Gasteiger partial charge in [-0.05, 0) is 32.8 Å². The summed E-state index contributed by atoms with van der Waals surface area (Å²) < 4.78 is 0.147. The van der Waals surface area contributed by atoms with Crippen LogP contribution >= 0.6 is 34.5 Å². The summed E-state index contributed by atoms with van der Waals surface area (Å²) in [5, 5.41) is 9.70. The van der Waals surface area contributed by atoms with Gasteiger partial charge in [-0.15, -0.1) is 0 Å². The standard InChI is InChI=1S/C3Cl2N2O2S/c4-1-2(5)10-3(6-1)7(8)9. The van der Waals surface area contributed by atoms with Crippen LogP contribution in [-0.2, 0) is 0 Å². The van der Waals surface area contributed by atoms with Crippen LogP contribution in [0.3, 0.4) is 0 Å². The molecule has 0 saturated heterocycles. The zero-order valence-corrected chi connectivity index (χ0v) is 6.70. The number of thiazole rings is 1. The van der Waals surface area contributed by atoms with Crippen molar-refractivity contribution in [3.05, 3.63) is 19.6 Å². The van der Waals surface area contributed by atoms with E-state index >= 15 is 0 Å². The molecule has 1 aromatic rings. The molecule has 7 heteroatoms. The summed E-state index contributed by atoms with van der Waals surface area (Å²) in [4.78, 5) is 12.7. The Morgan fingerprint density at radius 1 is 1.60 bits per heavy atom. The van der Waals surface area contributed by atoms with Gasteiger partial charge in [0.15, 0.2) is 4.34 Å². The third kappa shape index (κ3) is 1.36. The maximum Gasteiger partial charge on any atom is 0.426 e. The first kappa shape index (κ1) is 7.71. The number of nitrogens with zero attached hydrogens (tertiary/aromatic N) is 2. The molecule has 1 rings (SSSR count). The first-order valence-corrected chi connectivity index (χ1v) is 3.64. The maximum atomic E-state index is 10.0. The molecule has 54 valence electrons. The molecule has 0 atom stereocenters. The topological polar surface area (TPSA) is 56.0 Å². The fourth-order valence-electron chi connectivity index (χ4n) is 0.351. The summed E-state index contributed by atoms with van der Waals surface area (Å²) in [7, 11) is 0. The number of rotatable bonds is 1. The van der Waals surface area contributed by atoms with Crippen LogP contribution in [0.15, 0.2) is 0 Å². The van der Waals surface area contributed by atoms with Crippen LogP contribution in [0.1, 0.15) is 0 Å². The van der Waals surface area contributed by atoms with Gasteiger partial charge < -0.3 is 10.1 Å². The van der Waals surface area contributed by atoms with E-state index in [-0.39, 0.29) is 14.6 Å². The minimum absolute atomic E-state index is 0.0154. The molecule has 1 aromatic heterocycles. The van der Waals surface area contributed by atoms with Crippen LogP contribution in [0, 0.1) is 10.1 Å². The molecule has 1 heterocycles. The molecule has 0 amide bonds. The second kappa shape index (κ2) is 2.69. The van der Waals surface area contributed by atoms with Gasteiger partial charge in [-0.3, -0.25) is 0 Å². The molecule has 0 bridgehead atoms. The molecule has 0 unspecified atom stereocenters. The van der Waals surface area contributed by atoms with Crippen molar-refractivity contribution < 1.29 is 4.92 Å². The number of halogens is 2. The summed E-state index contributed by atoms with van der Waals surface area (Å²) in [6, 6.07) is 0. The smallest absolute Gasteiger partial charge is 0.357 e. The predicted octanol–water partition coefficient (Wildman–Crippen LogP) is 2.36. The van der Waals surface area contributed by atoms with Crippen molar-refractivity contribution in [3.8, 4) is 0 Å². The van der Waals surface area contributed by atoms with Crippen molar-refractivity contribution in [1.29, 1.82) is 0 Å². The molecule has 0 aromatic carbocycles. The Labute approximate surface area is 69.6 Å². The fraction of sp³-hybridized carbons (Fsp3) is 0.